The maximum Gasteiger partial charge on any atom is 0.123 e. The summed E-state index contributed by atoms with van der Waals surface area (Å²) in [6.45, 7) is 7.03. The fraction of sp³-hybridized carbons (Fsp3) is 0.556. The number of allylic oxidation sites excluding steroid dienone is 1. The molecule has 0 fully saturated rings. The third kappa shape index (κ3) is 5.79. The van der Waals surface area contributed by atoms with Gasteiger partial charge in [-0.3, -0.25) is 0 Å². The lowest BCUT2D eigenvalue weighted by atomic mass is 9.99. The second-order valence-electron chi connectivity index (χ2n) is 5.18. The summed E-state index contributed by atoms with van der Waals surface area (Å²) in [7, 11) is 1.75. The fourth-order valence-electron chi connectivity index (χ4n) is 2.45. The Morgan fingerprint density at radius 2 is 2.05 bits per heavy atom. The van der Waals surface area contributed by atoms with Gasteiger partial charge in [0.25, 0.3) is 0 Å². The fourth-order valence-corrected chi connectivity index (χ4v) is 2.45. The summed E-state index contributed by atoms with van der Waals surface area (Å²) in [6.07, 6.45) is 9.21. The van der Waals surface area contributed by atoms with Crippen LogP contribution < -0.4 is 10.1 Å². The second-order valence-corrected chi connectivity index (χ2v) is 5.18. The third-order valence-corrected chi connectivity index (χ3v) is 3.56. The molecule has 0 bridgehead atoms. The minimum Gasteiger partial charge on any atom is -0.496 e. The van der Waals surface area contributed by atoms with Gasteiger partial charge in [0.1, 0.15) is 5.75 Å². The van der Waals surface area contributed by atoms with E-state index in [0.717, 1.165) is 31.6 Å². The van der Waals surface area contributed by atoms with Gasteiger partial charge in [0.15, 0.2) is 0 Å². The van der Waals surface area contributed by atoms with Crippen LogP contribution in [0.15, 0.2) is 36.9 Å². The number of nitrogens with one attached hydrogen (secondary N) is 1. The van der Waals surface area contributed by atoms with Crippen molar-refractivity contribution in [3.8, 4) is 5.75 Å². The van der Waals surface area contributed by atoms with Gasteiger partial charge in [-0.1, -0.05) is 44.0 Å². The highest BCUT2D eigenvalue weighted by Gasteiger charge is 2.14. The minimum absolute atomic E-state index is 0.398. The first-order valence-electron chi connectivity index (χ1n) is 7.80. The van der Waals surface area contributed by atoms with Crippen molar-refractivity contribution >= 4 is 0 Å². The van der Waals surface area contributed by atoms with Crippen molar-refractivity contribution in [2.45, 2.75) is 51.5 Å². The summed E-state index contributed by atoms with van der Waals surface area (Å²) >= 11 is 0. The molecule has 0 saturated carbocycles. The average molecular weight is 275 g/mol. The van der Waals surface area contributed by atoms with E-state index < -0.39 is 0 Å². The number of para-hydroxylation sites is 1. The van der Waals surface area contributed by atoms with E-state index in [1.165, 1.54) is 24.8 Å². The molecule has 0 radical (unpaired) electrons. The van der Waals surface area contributed by atoms with Crippen LogP contribution in [0.3, 0.4) is 0 Å². The SMILES string of the molecule is C=CCCCCCC(NCCC)c1ccccc1OC. The van der Waals surface area contributed by atoms with Crippen molar-refractivity contribution in [2.24, 2.45) is 0 Å². The van der Waals surface area contributed by atoms with Gasteiger partial charge in [-0.15, -0.1) is 6.58 Å². The molecule has 0 saturated heterocycles. The van der Waals surface area contributed by atoms with Crippen LogP contribution in [0.1, 0.15) is 57.1 Å². The topological polar surface area (TPSA) is 21.3 Å². The van der Waals surface area contributed by atoms with E-state index in [1.54, 1.807) is 7.11 Å². The predicted octanol–water partition coefficient (Wildman–Crippen LogP) is 4.87. The van der Waals surface area contributed by atoms with Crippen LogP contribution in [0.2, 0.25) is 0 Å². The Bertz CT molecular complexity index is 375. The quantitative estimate of drug-likeness (QED) is 0.459. The van der Waals surface area contributed by atoms with Gasteiger partial charge in [0.2, 0.25) is 0 Å². The zero-order chi connectivity index (χ0) is 14.6. The molecule has 0 aliphatic carbocycles. The Morgan fingerprint density at radius 3 is 2.75 bits per heavy atom. The smallest absolute Gasteiger partial charge is 0.123 e. The first-order valence-corrected chi connectivity index (χ1v) is 7.80. The van der Waals surface area contributed by atoms with Crippen molar-refractivity contribution in [1.82, 2.24) is 5.32 Å². The highest BCUT2D eigenvalue weighted by Crippen LogP contribution is 2.28. The standard InChI is InChI=1S/C18H29NO/c1-4-6-7-8-9-13-17(19-15-5-2)16-12-10-11-14-18(16)20-3/h4,10-12,14,17,19H,1,5-9,13,15H2,2-3H3. The van der Waals surface area contributed by atoms with E-state index in [1.807, 2.05) is 18.2 Å². The molecular formula is C18H29NO. The summed E-state index contributed by atoms with van der Waals surface area (Å²) in [6, 6.07) is 8.75. The van der Waals surface area contributed by atoms with E-state index in [2.05, 4.69) is 31.0 Å². The molecule has 1 rings (SSSR count). The van der Waals surface area contributed by atoms with Crippen LogP contribution in [0, 0.1) is 0 Å². The van der Waals surface area contributed by atoms with Crippen LogP contribution in [0.25, 0.3) is 0 Å². The molecule has 0 aromatic heterocycles. The Hall–Kier alpha value is -1.28. The normalized spacial score (nSPS) is 12.1. The zero-order valence-corrected chi connectivity index (χ0v) is 13.0. The van der Waals surface area contributed by atoms with Gasteiger partial charge in [-0.2, -0.15) is 0 Å². The predicted molar refractivity (Wildman–Crippen MR) is 87.3 cm³/mol. The van der Waals surface area contributed by atoms with E-state index in [9.17, 15) is 0 Å². The van der Waals surface area contributed by atoms with Crippen LogP contribution in [-0.4, -0.2) is 13.7 Å². The summed E-state index contributed by atoms with van der Waals surface area (Å²) in [5, 5.41) is 3.65. The van der Waals surface area contributed by atoms with Crippen molar-refractivity contribution in [3.05, 3.63) is 42.5 Å². The van der Waals surface area contributed by atoms with Gasteiger partial charge < -0.3 is 10.1 Å². The zero-order valence-electron chi connectivity index (χ0n) is 13.0. The molecule has 20 heavy (non-hydrogen) atoms. The summed E-state index contributed by atoms with van der Waals surface area (Å²) in [5.74, 6) is 0.993. The molecule has 112 valence electrons. The molecule has 1 N–H and O–H groups in total. The Balaban J connectivity index is 2.60. The summed E-state index contributed by atoms with van der Waals surface area (Å²) < 4.78 is 5.50. The van der Waals surface area contributed by atoms with Crippen molar-refractivity contribution < 1.29 is 4.74 Å². The minimum atomic E-state index is 0.398. The monoisotopic (exact) mass is 275 g/mol. The van der Waals surface area contributed by atoms with Crippen molar-refractivity contribution in [2.75, 3.05) is 13.7 Å². The number of hydrogen-bond acceptors (Lipinski definition) is 2. The molecule has 1 aromatic carbocycles. The lowest BCUT2D eigenvalue weighted by Gasteiger charge is -2.21. The number of ether oxygens (including phenoxy) is 1. The van der Waals surface area contributed by atoms with Gasteiger partial charge in [0.05, 0.1) is 7.11 Å². The second kappa shape index (κ2) is 10.5. The Labute approximate surface area is 124 Å². The van der Waals surface area contributed by atoms with Gasteiger partial charge in [0, 0.05) is 11.6 Å². The van der Waals surface area contributed by atoms with Gasteiger partial charge in [-0.25, -0.2) is 0 Å². The van der Waals surface area contributed by atoms with E-state index in [0.29, 0.717) is 6.04 Å². The number of methoxy groups -OCH3 is 1. The van der Waals surface area contributed by atoms with E-state index >= 15 is 0 Å². The Morgan fingerprint density at radius 1 is 1.25 bits per heavy atom. The number of benzene rings is 1. The number of hydrogen-bond donors (Lipinski definition) is 1. The molecule has 2 nitrogen and oxygen atoms in total. The molecule has 0 aliphatic heterocycles. The molecule has 0 aliphatic rings. The maximum atomic E-state index is 5.50. The molecule has 1 atom stereocenters. The lowest BCUT2D eigenvalue weighted by molar-refractivity contribution is 0.391. The highest BCUT2D eigenvalue weighted by molar-refractivity contribution is 5.35. The Kier molecular flexibility index (Phi) is 8.81. The largest absolute Gasteiger partial charge is 0.496 e. The van der Waals surface area contributed by atoms with Crippen molar-refractivity contribution in [3.63, 3.8) is 0 Å². The first-order chi connectivity index (χ1) is 9.83. The van der Waals surface area contributed by atoms with Gasteiger partial charge in [-0.05, 0) is 38.3 Å². The van der Waals surface area contributed by atoms with E-state index in [4.69, 9.17) is 4.74 Å². The maximum absolute atomic E-state index is 5.50. The molecule has 0 heterocycles. The van der Waals surface area contributed by atoms with Crippen LogP contribution in [0.5, 0.6) is 5.75 Å². The molecular weight excluding hydrogens is 246 g/mol. The molecule has 1 aromatic rings. The van der Waals surface area contributed by atoms with Gasteiger partial charge >= 0.3 is 0 Å². The number of rotatable bonds is 11. The summed E-state index contributed by atoms with van der Waals surface area (Å²) in [4.78, 5) is 0. The van der Waals surface area contributed by atoms with Crippen molar-refractivity contribution in [1.29, 1.82) is 0 Å². The molecule has 2 heteroatoms. The summed E-state index contributed by atoms with van der Waals surface area (Å²) in [5.41, 5.74) is 1.28. The van der Waals surface area contributed by atoms with Crippen LogP contribution in [-0.2, 0) is 0 Å². The van der Waals surface area contributed by atoms with Crippen LogP contribution >= 0.6 is 0 Å². The molecule has 1 unspecified atom stereocenters. The average Bonchev–Trinajstić information content (AvgIpc) is 2.50. The van der Waals surface area contributed by atoms with Crippen LogP contribution in [0.4, 0.5) is 0 Å². The highest BCUT2D eigenvalue weighted by atomic mass is 16.5. The van der Waals surface area contributed by atoms with E-state index in [-0.39, 0.29) is 0 Å². The first kappa shape index (κ1) is 16.8. The molecule has 0 amide bonds. The number of unbranched alkanes of at least 4 members (excludes halogenated alkanes) is 3. The third-order valence-electron chi connectivity index (χ3n) is 3.56. The molecule has 0 spiro atoms. The lowest BCUT2D eigenvalue weighted by Crippen LogP contribution is -2.22.